The van der Waals surface area contributed by atoms with Gasteiger partial charge in [-0.2, -0.15) is 4.98 Å². The number of aromatic nitrogens is 3. The largest absolute Gasteiger partial charge is 0.343 e. The van der Waals surface area contributed by atoms with Crippen molar-refractivity contribution >= 4 is 12.0 Å². The van der Waals surface area contributed by atoms with E-state index >= 15 is 0 Å². The second-order valence-corrected chi connectivity index (χ2v) is 5.37. The fraction of sp³-hybridized carbons (Fsp3) is 0.111. The summed E-state index contributed by atoms with van der Waals surface area (Å²) in [6.07, 6.45) is 3.30. The first-order valence-electron chi connectivity index (χ1n) is 7.65. The van der Waals surface area contributed by atoms with Crippen LogP contribution in [-0.4, -0.2) is 21.0 Å². The van der Waals surface area contributed by atoms with Gasteiger partial charge in [0.2, 0.25) is 23.2 Å². The van der Waals surface area contributed by atoms with Crippen molar-refractivity contribution in [2.75, 3.05) is 0 Å². The van der Waals surface area contributed by atoms with Crippen LogP contribution >= 0.6 is 0 Å². The standard InChI is InChI=1S/C18H16N4O3/c1-12(9-13-5-3-2-4-6-13)18(24)20-11-16-21-17(22-25-16)14-7-8-19-15(23)10-14/h2-10H,11H2,1H3,(H,19,23)(H,20,24). The number of hydrogen-bond donors (Lipinski definition) is 2. The summed E-state index contributed by atoms with van der Waals surface area (Å²) in [5.74, 6) is 0.336. The average Bonchev–Trinajstić information content (AvgIpc) is 3.09. The summed E-state index contributed by atoms with van der Waals surface area (Å²) in [6.45, 7) is 1.84. The van der Waals surface area contributed by atoms with Gasteiger partial charge >= 0.3 is 0 Å². The maximum atomic E-state index is 12.1. The molecule has 126 valence electrons. The number of nitrogens with zero attached hydrogens (tertiary/aromatic N) is 2. The Kier molecular flexibility index (Phi) is 4.84. The van der Waals surface area contributed by atoms with Gasteiger partial charge in [-0.25, -0.2) is 0 Å². The lowest BCUT2D eigenvalue weighted by Crippen LogP contribution is -2.23. The van der Waals surface area contributed by atoms with Crippen LogP contribution in [0.15, 0.2) is 63.6 Å². The van der Waals surface area contributed by atoms with E-state index in [-0.39, 0.29) is 23.9 Å². The molecule has 1 amide bonds. The molecular formula is C18H16N4O3. The number of benzene rings is 1. The summed E-state index contributed by atoms with van der Waals surface area (Å²) in [7, 11) is 0. The van der Waals surface area contributed by atoms with Crippen LogP contribution in [0.2, 0.25) is 0 Å². The van der Waals surface area contributed by atoms with Crippen LogP contribution in [0.4, 0.5) is 0 Å². The van der Waals surface area contributed by atoms with Crippen molar-refractivity contribution in [2.24, 2.45) is 0 Å². The Balaban J connectivity index is 1.63. The van der Waals surface area contributed by atoms with Crippen LogP contribution in [-0.2, 0) is 11.3 Å². The first kappa shape index (κ1) is 16.4. The molecule has 0 aliphatic heterocycles. The highest BCUT2D eigenvalue weighted by molar-refractivity contribution is 5.97. The van der Waals surface area contributed by atoms with Gasteiger partial charge in [0.05, 0.1) is 6.54 Å². The third-order valence-electron chi connectivity index (χ3n) is 3.44. The van der Waals surface area contributed by atoms with Crippen LogP contribution < -0.4 is 10.9 Å². The number of hydrogen-bond acceptors (Lipinski definition) is 5. The van der Waals surface area contributed by atoms with E-state index in [1.165, 1.54) is 12.3 Å². The average molecular weight is 336 g/mol. The van der Waals surface area contributed by atoms with E-state index in [1.54, 1.807) is 19.1 Å². The number of rotatable bonds is 5. The molecule has 0 fully saturated rings. The van der Waals surface area contributed by atoms with Crippen molar-refractivity contribution in [3.05, 3.63) is 76.0 Å². The number of carbonyl (C=O) groups is 1. The summed E-state index contributed by atoms with van der Waals surface area (Å²) < 4.78 is 5.10. The van der Waals surface area contributed by atoms with Crippen molar-refractivity contribution in [3.63, 3.8) is 0 Å². The molecule has 2 heterocycles. The van der Waals surface area contributed by atoms with Gasteiger partial charge in [-0.1, -0.05) is 35.5 Å². The van der Waals surface area contributed by atoms with E-state index in [0.29, 0.717) is 17.0 Å². The lowest BCUT2D eigenvalue weighted by molar-refractivity contribution is -0.117. The van der Waals surface area contributed by atoms with E-state index in [1.807, 2.05) is 30.3 Å². The zero-order chi connectivity index (χ0) is 17.6. The van der Waals surface area contributed by atoms with Gasteiger partial charge in [0.25, 0.3) is 0 Å². The minimum Gasteiger partial charge on any atom is -0.343 e. The molecule has 0 atom stereocenters. The highest BCUT2D eigenvalue weighted by atomic mass is 16.5. The van der Waals surface area contributed by atoms with Gasteiger partial charge < -0.3 is 14.8 Å². The Bertz CT molecular complexity index is 957. The van der Waals surface area contributed by atoms with Gasteiger partial charge in [0.15, 0.2) is 0 Å². The molecule has 0 radical (unpaired) electrons. The number of pyridine rings is 1. The third-order valence-corrected chi connectivity index (χ3v) is 3.44. The topological polar surface area (TPSA) is 101 Å². The molecule has 0 bridgehead atoms. The molecule has 2 aromatic heterocycles. The summed E-state index contributed by atoms with van der Waals surface area (Å²) in [5.41, 5.74) is 1.81. The summed E-state index contributed by atoms with van der Waals surface area (Å²) in [6, 6.07) is 12.6. The Hall–Kier alpha value is -3.48. The summed E-state index contributed by atoms with van der Waals surface area (Å²) >= 11 is 0. The van der Waals surface area contributed by atoms with Crippen LogP contribution in [0.25, 0.3) is 17.5 Å². The summed E-state index contributed by atoms with van der Waals surface area (Å²) in [5, 5.41) is 6.54. The molecule has 0 aliphatic rings. The van der Waals surface area contributed by atoms with Gasteiger partial charge in [0.1, 0.15) is 0 Å². The zero-order valence-electron chi connectivity index (χ0n) is 13.5. The van der Waals surface area contributed by atoms with Crippen molar-refractivity contribution in [2.45, 2.75) is 13.5 Å². The summed E-state index contributed by atoms with van der Waals surface area (Å²) in [4.78, 5) is 30.1. The van der Waals surface area contributed by atoms with Crippen LogP contribution in [0.5, 0.6) is 0 Å². The minimum atomic E-state index is -0.251. The maximum Gasteiger partial charge on any atom is 0.248 e. The second-order valence-electron chi connectivity index (χ2n) is 5.37. The number of H-pyrrole nitrogens is 1. The molecule has 1 aromatic carbocycles. The Morgan fingerprint density at radius 1 is 1.28 bits per heavy atom. The lowest BCUT2D eigenvalue weighted by Gasteiger charge is -2.02. The van der Waals surface area contributed by atoms with Gasteiger partial charge in [-0.05, 0) is 24.6 Å². The molecule has 2 N–H and O–H groups in total. The first-order chi connectivity index (χ1) is 12.1. The highest BCUT2D eigenvalue weighted by Crippen LogP contribution is 2.12. The van der Waals surface area contributed by atoms with E-state index in [0.717, 1.165) is 5.56 Å². The molecule has 0 unspecified atom stereocenters. The van der Waals surface area contributed by atoms with E-state index < -0.39 is 0 Å². The number of carbonyl (C=O) groups excluding carboxylic acids is 1. The molecule has 7 nitrogen and oxygen atoms in total. The quantitative estimate of drug-likeness (QED) is 0.695. The molecule has 0 saturated heterocycles. The minimum absolute atomic E-state index is 0.106. The molecular weight excluding hydrogens is 320 g/mol. The molecule has 7 heteroatoms. The SMILES string of the molecule is CC(=Cc1ccccc1)C(=O)NCc1nc(-c2cc[nH]c(=O)c2)no1. The van der Waals surface area contributed by atoms with E-state index in [9.17, 15) is 9.59 Å². The fourth-order valence-electron chi connectivity index (χ4n) is 2.19. The maximum absolute atomic E-state index is 12.1. The van der Waals surface area contributed by atoms with Gasteiger partial charge in [0, 0.05) is 23.4 Å². The Labute approximate surface area is 143 Å². The Morgan fingerprint density at radius 2 is 2.08 bits per heavy atom. The zero-order valence-corrected chi connectivity index (χ0v) is 13.5. The normalized spacial score (nSPS) is 11.3. The highest BCUT2D eigenvalue weighted by Gasteiger charge is 2.11. The second kappa shape index (κ2) is 7.39. The molecule has 25 heavy (non-hydrogen) atoms. The third kappa shape index (κ3) is 4.29. The number of aromatic amines is 1. The molecule has 3 rings (SSSR count). The smallest absolute Gasteiger partial charge is 0.248 e. The van der Waals surface area contributed by atoms with Gasteiger partial charge in [-0.3, -0.25) is 9.59 Å². The first-order valence-corrected chi connectivity index (χ1v) is 7.65. The lowest BCUT2D eigenvalue weighted by atomic mass is 10.1. The van der Waals surface area contributed by atoms with Crippen molar-refractivity contribution in [1.82, 2.24) is 20.4 Å². The Morgan fingerprint density at radius 3 is 2.84 bits per heavy atom. The molecule has 0 saturated carbocycles. The van der Waals surface area contributed by atoms with Crippen molar-refractivity contribution in [3.8, 4) is 11.4 Å². The molecule has 3 aromatic rings. The fourth-order valence-corrected chi connectivity index (χ4v) is 2.19. The molecule has 0 aliphatic carbocycles. The van der Waals surface area contributed by atoms with Crippen molar-refractivity contribution in [1.29, 1.82) is 0 Å². The molecule has 0 spiro atoms. The number of nitrogens with one attached hydrogen (secondary N) is 2. The van der Waals surface area contributed by atoms with Crippen LogP contribution in [0.1, 0.15) is 18.4 Å². The van der Waals surface area contributed by atoms with Crippen LogP contribution in [0, 0.1) is 0 Å². The van der Waals surface area contributed by atoms with E-state index in [4.69, 9.17) is 4.52 Å². The van der Waals surface area contributed by atoms with Gasteiger partial charge in [-0.15, -0.1) is 0 Å². The van der Waals surface area contributed by atoms with Crippen LogP contribution in [0.3, 0.4) is 0 Å². The number of amides is 1. The van der Waals surface area contributed by atoms with E-state index in [2.05, 4.69) is 20.4 Å². The monoisotopic (exact) mass is 336 g/mol. The predicted molar refractivity (Wildman–Crippen MR) is 92.3 cm³/mol. The van der Waals surface area contributed by atoms with Crippen molar-refractivity contribution < 1.29 is 9.32 Å². The predicted octanol–water partition coefficient (Wildman–Crippen LogP) is 2.14.